The summed E-state index contributed by atoms with van der Waals surface area (Å²) in [7, 11) is 4.49. The Balaban J connectivity index is 1.86. The summed E-state index contributed by atoms with van der Waals surface area (Å²) >= 11 is 0. The first-order chi connectivity index (χ1) is 18.8. The molecule has 0 bridgehead atoms. The summed E-state index contributed by atoms with van der Waals surface area (Å²) in [4.78, 5) is 40.6. The van der Waals surface area contributed by atoms with Crippen LogP contribution in [-0.2, 0) is 15.0 Å². The van der Waals surface area contributed by atoms with E-state index in [4.69, 9.17) is 18.9 Å². The van der Waals surface area contributed by atoms with Gasteiger partial charge in [0.25, 0.3) is 0 Å². The summed E-state index contributed by atoms with van der Waals surface area (Å²) in [5.74, 6) is -0.267. The summed E-state index contributed by atoms with van der Waals surface area (Å²) in [6.45, 7) is 0. The zero-order chi connectivity index (χ0) is 27.5. The van der Waals surface area contributed by atoms with Crippen LogP contribution in [0.2, 0.25) is 0 Å². The number of carbonyl (C=O) groups is 3. The quantitative estimate of drug-likeness (QED) is 0.307. The van der Waals surface area contributed by atoms with E-state index in [0.717, 1.165) is 0 Å². The van der Waals surface area contributed by atoms with Gasteiger partial charge in [-0.25, -0.2) is 4.79 Å². The average molecular weight is 523 g/mol. The lowest BCUT2D eigenvalue weighted by atomic mass is 9.68. The lowest BCUT2D eigenvalue weighted by Gasteiger charge is -2.30. The van der Waals surface area contributed by atoms with Crippen molar-refractivity contribution in [3.63, 3.8) is 0 Å². The summed E-state index contributed by atoms with van der Waals surface area (Å²) in [6, 6.07) is 12.9. The maximum atomic E-state index is 14.5. The first kappa shape index (κ1) is 24.2. The number of fused-ring (bicyclic) bond motifs is 2. The monoisotopic (exact) mass is 522 g/mol. The van der Waals surface area contributed by atoms with Crippen molar-refractivity contribution in [1.29, 1.82) is 0 Å². The van der Waals surface area contributed by atoms with Crippen molar-refractivity contribution in [3.8, 4) is 28.7 Å². The Morgan fingerprint density at radius 2 is 1.49 bits per heavy atom. The molecule has 0 fully saturated rings. The van der Waals surface area contributed by atoms with Crippen molar-refractivity contribution < 1.29 is 38.4 Å². The normalized spacial score (nSPS) is 18.9. The van der Waals surface area contributed by atoms with E-state index in [1.54, 1.807) is 48.6 Å². The molecule has 8 heteroatoms. The fraction of sp³-hybridized carbons (Fsp3) is 0.129. The second-order valence-electron chi connectivity index (χ2n) is 9.22. The lowest BCUT2D eigenvalue weighted by molar-refractivity contribution is -0.135. The number of rotatable bonds is 4. The predicted molar refractivity (Wildman–Crippen MR) is 141 cm³/mol. The predicted octanol–water partition coefficient (Wildman–Crippen LogP) is 4.32. The van der Waals surface area contributed by atoms with Gasteiger partial charge in [0.1, 0.15) is 34.2 Å². The Hall–Kier alpha value is -5.11. The molecule has 0 saturated heterocycles. The number of phenols is 1. The van der Waals surface area contributed by atoms with E-state index in [1.807, 2.05) is 0 Å². The maximum absolute atomic E-state index is 14.5. The number of aromatic hydroxyl groups is 1. The zero-order valence-electron chi connectivity index (χ0n) is 21.2. The minimum atomic E-state index is -1.63. The molecular formula is C31H22O8. The van der Waals surface area contributed by atoms with E-state index >= 15 is 0 Å². The summed E-state index contributed by atoms with van der Waals surface area (Å²) in [5.41, 5.74) is 0.659. The second-order valence-corrected chi connectivity index (χ2v) is 9.22. The van der Waals surface area contributed by atoms with Crippen LogP contribution in [0.4, 0.5) is 0 Å². The Labute approximate surface area is 223 Å². The molecule has 39 heavy (non-hydrogen) atoms. The van der Waals surface area contributed by atoms with Gasteiger partial charge in [0, 0.05) is 34.4 Å². The molecule has 6 rings (SSSR count). The molecule has 1 heterocycles. The van der Waals surface area contributed by atoms with Gasteiger partial charge in [-0.3, -0.25) is 9.59 Å². The topological polar surface area (TPSA) is 108 Å². The van der Waals surface area contributed by atoms with Crippen LogP contribution >= 0.6 is 0 Å². The Morgan fingerprint density at radius 3 is 2.13 bits per heavy atom. The fourth-order valence-corrected chi connectivity index (χ4v) is 5.60. The zero-order valence-corrected chi connectivity index (χ0v) is 21.2. The van der Waals surface area contributed by atoms with Gasteiger partial charge in [-0.05, 0) is 53.1 Å². The van der Waals surface area contributed by atoms with Crippen LogP contribution < -0.4 is 18.9 Å². The third-order valence-electron chi connectivity index (χ3n) is 7.29. The van der Waals surface area contributed by atoms with Crippen LogP contribution in [0, 0.1) is 0 Å². The van der Waals surface area contributed by atoms with E-state index in [-0.39, 0.29) is 34.2 Å². The molecule has 0 amide bonds. The number of allylic oxidation sites excluding steroid dienone is 6. The Bertz CT molecular complexity index is 1670. The number of esters is 1. The smallest absolute Gasteiger partial charge is 0.331 e. The number of methoxy groups -OCH3 is 3. The van der Waals surface area contributed by atoms with E-state index in [1.165, 1.54) is 45.6 Å². The highest BCUT2D eigenvalue weighted by atomic mass is 16.5. The van der Waals surface area contributed by atoms with Crippen molar-refractivity contribution in [3.05, 3.63) is 106 Å². The van der Waals surface area contributed by atoms with Gasteiger partial charge in [0.15, 0.2) is 11.6 Å². The number of phenolic OH excluding ortho intramolecular Hbond substituents is 1. The number of Topliss-reactive ketones (excluding diaryl/α,β-unsaturated/α-hetero) is 1. The van der Waals surface area contributed by atoms with Gasteiger partial charge in [0.05, 0.1) is 21.3 Å². The van der Waals surface area contributed by atoms with Crippen molar-refractivity contribution >= 4 is 23.1 Å². The molecule has 0 spiro atoms. The first-order valence-corrected chi connectivity index (χ1v) is 12.0. The number of hydrogen-bond acceptors (Lipinski definition) is 8. The van der Waals surface area contributed by atoms with Gasteiger partial charge in [-0.1, -0.05) is 24.3 Å². The third-order valence-corrected chi connectivity index (χ3v) is 7.29. The minimum absolute atomic E-state index is 0.0723. The molecular weight excluding hydrogens is 500 g/mol. The molecule has 0 radical (unpaired) electrons. The molecule has 194 valence electrons. The Morgan fingerprint density at radius 1 is 0.795 bits per heavy atom. The highest BCUT2D eigenvalue weighted by Crippen LogP contribution is 2.58. The maximum Gasteiger partial charge on any atom is 0.331 e. The SMILES string of the molecule is COc1ccc(C23C(=O)Oc4cc(O)cc(c42)C(=O)C(=C2C=CC(=O)C=C2)c2c(OC)cc(OC)cc23)cc1. The van der Waals surface area contributed by atoms with Crippen LogP contribution in [0.3, 0.4) is 0 Å². The van der Waals surface area contributed by atoms with Crippen molar-refractivity contribution in [2.75, 3.05) is 21.3 Å². The van der Waals surface area contributed by atoms with Gasteiger partial charge in [0.2, 0.25) is 0 Å². The molecule has 0 saturated carbocycles. The van der Waals surface area contributed by atoms with E-state index in [0.29, 0.717) is 39.3 Å². The lowest BCUT2D eigenvalue weighted by Crippen LogP contribution is -2.37. The molecule has 1 atom stereocenters. The number of benzene rings is 3. The minimum Gasteiger partial charge on any atom is -0.508 e. The molecule has 3 aliphatic rings. The third kappa shape index (κ3) is 3.34. The molecule has 3 aromatic carbocycles. The first-order valence-electron chi connectivity index (χ1n) is 12.0. The summed E-state index contributed by atoms with van der Waals surface area (Å²) in [5, 5.41) is 10.6. The van der Waals surface area contributed by atoms with Crippen molar-refractivity contribution in [2.24, 2.45) is 0 Å². The van der Waals surface area contributed by atoms with Crippen LogP contribution in [-0.4, -0.2) is 44.0 Å². The van der Waals surface area contributed by atoms with E-state index < -0.39 is 17.2 Å². The van der Waals surface area contributed by atoms with Crippen LogP contribution in [0.5, 0.6) is 28.7 Å². The van der Waals surface area contributed by atoms with Crippen molar-refractivity contribution in [1.82, 2.24) is 0 Å². The molecule has 0 aromatic heterocycles. The van der Waals surface area contributed by atoms with Crippen LogP contribution in [0.25, 0.3) is 5.57 Å². The number of ketones is 2. The van der Waals surface area contributed by atoms with Crippen molar-refractivity contribution in [2.45, 2.75) is 5.41 Å². The molecule has 2 aliphatic carbocycles. The molecule has 1 aliphatic heterocycles. The van der Waals surface area contributed by atoms with E-state index in [9.17, 15) is 19.5 Å². The largest absolute Gasteiger partial charge is 0.508 e. The van der Waals surface area contributed by atoms with Gasteiger partial charge in [-0.2, -0.15) is 0 Å². The standard InChI is InChI=1S/C31H22O8/c1-36-20-10-6-17(7-11-20)31-23-14-21(37-2)15-24(38-3)27(23)26(16-4-8-18(32)9-5-16)29(34)22-12-19(33)13-25(28(22)31)39-30(31)35/h4-15,33H,1-3H3. The molecule has 3 aromatic rings. The highest BCUT2D eigenvalue weighted by Gasteiger charge is 2.58. The number of ether oxygens (including phenoxy) is 4. The van der Waals surface area contributed by atoms with E-state index in [2.05, 4.69) is 0 Å². The van der Waals surface area contributed by atoms with Gasteiger partial charge in [-0.15, -0.1) is 0 Å². The fourth-order valence-electron chi connectivity index (χ4n) is 5.60. The molecule has 8 nitrogen and oxygen atoms in total. The van der Waals surface area contributed by atoms with Gasteiger partial charge >= 0.3 is 5.97 Å². The Kier molecular flexibility index (Phi) is 5.43. The van der Waals surface area contributed by atoms with Gasteiger partial charge < -0.3 is 24.1 Å². The summed E-state index contributed by atoms with van der Waals surface area (Å²) in [6.07, 6.45) is 5.83. The average Bonchev–Trinajstić information content (AvgIpc) is 3.20. The summed E-state index contributed by atoms with van der Waals surface area (Å²) < 4.78 is 22.5. The highest BCUT2D eigenvalue weighted by molar-refractivity contribution is 6.34. The number of hydrogen-bond donors (Lipinski definition) is 1. The molecule has 1 unspecified atom stereocenters. The van der Waals surface area contributed by atoms with Crippen LogP contribution in [0.1, 0.15) is 32.6 Å². The number of carbonyl (C=O) groups excluding carboxylic acids is 3. The second kappa shape index (κ2) is 8.73. The molecule has 1 N–H and O–H groups in total. The van der Waals surface area contributed by atoms with Crippen LogP contribution in [0.15, 0.2) is 78.4 Å².